The van der Waals surface area contributed by atoms with Crippen LogP contribution in [0.5, 0.6) is 0 Å². The predicted octanol–water partition coefficient (Wildman–Crippen LogP) is 7.27. The van der Waals surface area contributed by atoms with Gasteiger partial charge in [-0.1, -0.05) is 48.0 Å². The minimum Gasteiger partial charge on any atom is -0.444 e. The number of halogens is 1. The van der Waals surface area contributed by atoms with Crippen molar-refractivity contribution < 1.29 is 28.7 Å². The highest BCUT2D eigenvalue weighted by molar-refractivity contribution is 6.30. The van der Waals surface area contributed by atoms with Crippen LogP contribution in [-0.2, 0) is 9.47 Å². The number of ketones is 2. The Kier molecular flexibility index (Phi) is 9.77. The SMILES string of the molecule is CN(CCCN(C)C(=O)OC(C)(C)C)C(=O)OC1=C([C@H]2CC[C@H](c3ccc(Cl)cc3)CC2)C(=O)c2ccccc2C1=O. The molecule has 2 amide bonds. The molecule has 0 radical (unpaired) electrons. The highest BCUT2D eigenvalue weighted by Gasteiger charge is 2.40. The molecule has 0 spiro atoms. The normalized spacial score (nSPS) is 18.8. The van der Waals surface area contributed by atoms with E-state index in [1.165, 1.54) is 15.4 Å². The van der Waals surface area contributed by atoms with Gasteiger partial charge in [-0.25, -0.2) is 9.59 Å². The van der Waals surface area contributed by atoms with E-state index in [0.29, 0.717) is 47.9 Å². The first-order valence-corrected chi connectivity index (χ1v) is 14.8. The minimum atomic E-state index is -0.724. The Hall–Kier alpha value is -3.65. The highest BCUT2D eigenvalue weighted by Crippen LogP contribution is 2.42. The van der Waals surface area contributed by atoms with E-state index in [2.05, 4.69) is 0 Å². The molecule has 2 aromatic carbocycles. The van der Waals surface area contributed by atoms with Gasteiger partial charge in [0.1, 0.15) is 5.60 Å². The highest BCUT2D eigenvalue weighted by atomic mass is 35.5. The number of hydrogen-bond acceptors (Lipinski definition) is 6. The molecule has 2 aliphatic rings. The van der Waals surface area contributed by atoms with E-state index < -0.39 is 23.6 Å². The zero-order valence-corrected chi connectivity index (χ0v) is 25.7. The summed E-state index contributed by atoms with van der Waals surface area (Å²) in [6, 6.07) is 14.5. The Morgan fingerprint density at radius 1 is 0.810 bits per heavy atom. The average Bonchev–Trinajstić information content (AvgIpc) is 2.95. The van der Waals surface area contributed by atoms with Crippen molar-refractivity contribution in [1.29, 1.82) is 0 Å². The Morgan fingerprint density at radius 3 is 1.90 bits per heavy atom. The van der Waals surface area contributed by atoms with Crippen LogP contribution in [0.3, 0.4) is 0 Å². The van der Waals surface area contributed by atoms with E-state index in [-0.39, 0.29) is 29.6 Å². The molecule has 0 aromatic heterocycles. The summed E-state index contributed by atoms with van der Waals surface area (Å²) in [7, 11) is 3.20. The summed E-state index contributed by atoms with van der Waals surface area (Å²) in [6.07, 6.45) is 2.36. The van der Waals surface area contributed by atoms with Crippen molar-refractivity contribution in [2.45, 2.75) is 64.4 Å². The van der Waals surface area contributed by atoms with Gasteiger partial charge in [0.15, 0.2) is 11.5 Å². The number of hydrogen-bond donors (Lipinski definition) is 0. The second-order valence-electron chi connectivity index (χ2n) is 12.1. The standard InChI is InChI=1S/C33H39ClN2O6/c1-33(2,3)42-32(40)36(5)20-8-19-35(4)31(39)41-30-27(28(37)25-9-6-7-10-26(25)29(30)38)23-13-11-21(12-14-23)22-15-17-24(34)18-16-22/h6-7,9-10,15-18,21,23H,8,11-14,19-20H2,1-5H3/t21-,23-. The molecule has 0 atom stereocenters. The number of fused-ring (bicyclic) bond motifs is 1. The predicted molar refractivity (Wildman–Crippen MR) is 161 cm³/mol. The maximum atomic E-state index is 13.7. The summed E-state index contributed by atoms with van der Waals surface area (Å²) in [5.41, 5.74) is 1.48. The number of nitrogens with zero attached hydrogens (tertiary/aromatic N) is 2. The fourth-order valence-electron chi connectivity index (χ4n) is 5.53. The third kappa shape index (κ3) is 7.40. The van der Waals surface area contributed by atoms with E-state index in [1.54, 1.807) is 59.1 Å². The van der Waals surface area contributed by atoms with Crippen LogP contribution in [0.1, 0.15) is 85.1 Å². The topological polar surface area (TPSA) is 93.2 Å². The van der Waals surface area contributed by atoms with Crippen molar-refractivity contribution in [3.63, 3.8) is 0 Å². The number of Topliss-reactive ketones (excluding diaryl/α,β-unsaturated/α-hetero) is 2. The molecular weight excluding hydrogens is 556 g/mol. The second-order valence-corrected chi connectivity index (χ2v) is 12.5. The molecule has 1 fully saturated rings. The Bertz CT molecular complexity index is 1370. The zero-order valence-electron chi connectivity index (χ0n) is 24.9. The van der Waals surface area contributed by atoms with Crippen LogP contribution < -0.4 is 0 Å². The summed E-state index contributed by atoms with van der Waals surface area (Å²) < 4.78 is 11.1. The molecule has 42 heavy (non-hydrogen) atoms. The molecule has 4 rings (SSSR count). The van der Waals surface area contributed by atoms with E-state index >= 15 is 0 Å². The molecule has 2 aromatic rings. The van der Waals surface area contributed by atoms with Gasteiger partial charge in [-0.15, -0.1) is 0 Å². The van der Waals surface area contributed by atoms with Crippen LogP contribution in [0.15, 0.2) is 59.9 Å². The smallest absolute Gasteiger partial charge is 0.415 e. The molecule has 8 nitrogen and oxygen atoms in total. The van der Waals surface area contributed by atoms with Crippen LogP contribution in [0.2, 0.25) is 5.02 Å². The number of allylic oxidation sites excluding steroid dienone is 2. The minimum absolute atomic E-state index is 0.170. The quantitative estimate of drug-likeness (QED) is 0.334. The Balaban J connectivity index is 1.47. The third-order valence-electron chi connectivity index (χ3n) is 7.78. The van der Waals surface area contributed by atoms with E-state index in [9.17, 15) is 19.2 Å². The summed E-state index contributed by atoms with van der Waals surface area (Å²) in [6.45, 7) is 6.03. The third-order valence-corrected chi connectivity index (χ3v) is 8.03. The van der Waals surface area contributed by atoms with Crippen LogP contribution >= 0.6 is 11.6 Å². The lowest BCUT2D eigenvalue weighted by Crippen LogP contribution is -2.37. The lowest BCUT2D eigenvalue weighted by Gasteiger charge is -2.32. The molecule has 0 N–H and O–H groups in total. The van der Waals surface area contributed by atoms with Gasteiger partial charge in [-0.05, 0) is 82.4 Å². The molecule has 224 valence electrons. The molecule has 0 unspecified atom stereocenters. The van der Waals surface area contributed by atoms with Gasteiger partial charge in [-0.3, -0.25) is 9.59 Å². The van der Waals surface area contributed by atoms with Gasteiger partial charge in [0.05, 0.1) is 5.57 Å². The number of benzene rings is 2. The van der Waals surface area contributed by atoms with Crippen molar-refractivity contribution in [2.24, 2.45) is 5.92 Å². The van der Waals surface area contributed by atoms with E-state index in [1.807, 2.05) is 24.3 Å². The van der Waals surface area contributed by atoms with Gasteiger partial charge in [0.2, 0.25) is 5.78 Å². The van der Waals surface area contributed by atoms with Crippen molar-refractivity contribution in [2.75, 3.05) is 27.2 Å². The maximum Gasteiger partial charge on any atom is 0.415 e. The monoisotopic (exact) mass is 594 g/mol. The first-order valence-electron chi connectivity index (χ1n) is 14.4. The molecule has 0 bridgehead atoms. The van der Waals surface area contributed by atoms with Gasteiger partial charge >= 0.3 is 12.2 Å². The molecule has 9 heteroatoms. The lowest BCUT2D eigenvalue weighted by molar-refractivity contribution is 0.0294. The van der Waals surface area contributed by atoms with Crippen molar-refractivity contribution in [3.05, 3.63) is 81.6 Å². The first kappa shape index (κ1) is 31.3. The van der Waals surface area contributed by atoms with Crippen LogP contribution in [0.25, 0.3) is 0 Å². The number of carbonyl (C=O) groups excluding carboxylic acids is 4. The summed E-state index contributed by atoms with van der Waals surface area (Å²) in [5.74, 6) is -0.752. The van der Waals surface area contributed by atoms with Crippen LogP contribution in [0, 0.1) is 5.92 Å². The number of amides is 2. The van der Waals surface area contributed by atoms with Crippen molar-refractivity contribution >= 4 is 35.4 Å². The Morgan fingerprint density at radius 2 is 1.33 bits per heavy atom. The molecule has 1 saturated carbocycles. The van der Waals surface area contributed by atoms with Crippen molar-refractivity contribution in [1.82, 2.24) is 9.80 Å². The summed E-state index contributed by atoms with van der Waals surface area (Å²) >= 11 is 6.06. The average molecular weight is 595 g/mol. The Labute approximate surface area is 252 Å². The number of rotatable bonds is 7. The zero-order chi connectivity index (χ0) is 30.6. The number of carbonyl (C=O) groups is 4. The number of ether oxygens (including phenoxy) is 2. The molecular formula is C33H39ClN2O6. The first-order chi connectivity index (χ1) is 19.9. The van der Waals surface area contributed by atoms with Crippen LogP contribution in [-0.4, -0.2) is 66.3 Å². The molecule has 2 aliphatic carbocycles. The molecule has 0 heterocycles. The fraction of sp³-hybridized carbons (Fsp3) is 0.455. The maximum absolute atomic E-state index is 13.7. The van der Waals surface area contributed by atoms with Gasteiger partial charge < -0.3 is 19.3 Å². The summed E-state index contributed by atoms with van der Waals surface area (Å²) in [4.78, 5) is 55.5. The summed E-state index contributed by atoms with van der Waals surface area (Å²) in [5, 5.41) is 0.689. The largest absolute Gasteiger partial charge is 0.444 e. The molecule has 0 saturated heterocycles. The van der Waals surface area contributed by atoms with E-state index in [0.717, 1.165) is 12.8 Å². The molecule has 0 aliphatic heterocycles. The fourth-order valence-corrected chi connectivity index (χ4v) is 5.65. The van der Waals surface area contributed by atoms with Gasteiger partial charge in [0.25, 0.3) is 0 Å². The van der Waals surface area contributed by atoms with E-state index in [4.69, 9.17) is 21.1 Å². The van der Waals surface area contributed by atoms with Gasteiger partial charge in [0, 0.05) is 43.3 Å². The van der Waals surface area contributed by atoms with Crippen molar-refractivity contribution in [3.8, 4) is 0 Å². The van der Waals surface area contributed by atoms with Gasteiger partial charge in [-0.2, -0.15) is 0 Å². The second kappa shape index (κ2) is 13.1. The van der Waals surface area contributed by atoms with Crippen LogP contribution in [0.4, 0.5) is 9.59 Å². The lowest BCUT2D eigenvalue weighted by atomic mass is 9.72.